The van der Waals surface area contributed by atoms with Gasteiger partial charge in [0.1, 0.15) is 19.1 Å². The van der Waals surface area contributed by atoms with E-state index in [4.69, 9.17) is 0 Å². The Balaban J connectivity index is 1.90. The van der Waals surface area contributed by atoms with E-state index in [1.165, 1.54) is 16.8 Å². The summed E-state index contributed by atoms with van der Waals surface area (Å²) in [6.45, 7) is 7.00. The molecular formula is C21H28N2P+. The SMILES string of the molecule is CC(C)[C@@H](CP(c1ccccc1)c1ccccc1)N1C=[N+](C)CC1. The Morgan fingerprint density at radius 1 is 0.958 bits per heavy atom. The minimum absolute atomic E-state index is 0.333. The number of hydrogen-bond donors (Lipinski definition) is 0. The highest BCUT2D eigenvalue weighted by Gasteiger charge is 2.32. The number of benzene rings is 2. The fourth-order valence-electron chi connectivity index (χ4n) is 3.35. The molecule has 0 fully saturated rings. The molecule has 126 valence electrons. The highest BCUT2D eigenvalue weighted by molar-refractivity contribution is 7.73. The Hall–Kier alpha value is -1.66. The Bertz CT molecular complexity index is 627. The van der Waals surface area contributed by atoms with Crippen LogP contribution in [0.5, 0.6) is 0 Å². The fraction of sp³-hybridized carbons (Fsp3) is 0.381. The summed E-state index contributed by atoms with van der Waals surface area (Å²) in [5, 5.41) is 2.97. The molecule has 1 aliphatic heterocycles. The minimum atomic E-state index is -0.333. The van der Waals surface area contributed by atoms with Gasteiger partial charge in [-0.15, -0.1) is 0 Å². The van der Waals surface area contributed by atoms with E-state index in [0.29, 0.717) is 12.0 Å². The van der Waals surface area contributed by atoms with Crippen molar-refractivity contribution in [2.45, 2.75) is 19.9 Å². The van der Waals surface area contributed by atoms with Gasteiger partial charge in [-0.3, -0.25) is 9.48 Å². The van der Waals surface area contributed by atoms with E-state index in [9.17, 15) is 0 Å². The molecule has 0 unspecified atom stereocenters. The van der Waals surface area contributed by atoms with Gasteiger partial charge in [0.15, 0.2) is 0 Å². The molecule has 0 amide bonds. The Morgan fingerprint density at radius 2 is 1.50 bits per heavy atom. The second-order valence-electron chi connectivity index (χ2n) is 6.93. The monoisotopic (exact) mass is 339 g/mol. The van der Waals surface area contributed by atoms with Gasteiger partial charge < -0.3 is 0 Å². The topological polar surface area (TPSA) is 6.25 Å². The van der Waals surface area contributed by atoms with E-state index < -0.39 is 0 Å². The van der Waals surface area contributed by atoms with Gasteiger partial charge in [0.25, 0.3) is 0 Å². The van der Waals surface area contributed by atoms with Crippen molar-refractivity contribution in [3.8, 4) is 0 Å². The second-order valence-corrected chi connectivity index (χ2v) is 9.18. The predicted octanol–water partition coefficient (Wildman–Crippen LogP) is 3.13. The minimum Gasteiger partial charge on any atom is -0.267 e. The summed E-state index contributed by atoms with van der Waals surface area (Å²) in [5.74, 6) is 0.644. The normalized spacial score (nSPS) is 15.9. The van der Waals surface area contributed by atoms with Crippen molar-refractivity contribution in [2.24, 2.45) is 5.92 Å². The second kappa shape index (κ2) is 7.94. The molecule has 0 aliphatic carbocycles. The zero-order valence-electron chi connectivity index (χ0n) is 15.0. The van der Waals surface area contributed by atoms with Gasteiger partial charge in [-0.25, -0.2) is 0 Å². The van der Waals surface area contributed by atoms with Crippen LogP contribution in [0.3, 0.4) is 0 Å². The largest absolute Gasteiger partial charge is 0.267 e. The average molecular weight is 339 g/mol. The predicted molar refractivity (Wildman–Crippen MR) is 106 cm³/mol. The maximum Gasteiger partial charge on any atom is 0.234 e. The van der Waals surface area contributed by atoms with Crippen molar-refractivity contribution < 1.29 is 4.58 Å². The zero-order chi connectivity index (χ0) is 16.9. The van der Waals surface area contributed by atoms with Crippen LogP contribution >= 0.6 is 7.92 Å². The Morgan fingerprint density at radius 3 is 1.92 bits per heavy atom. The van der Waals surface area contributed by atoms with E-state index in [2.05, 4.69) is 97.4 Å². The molecule has 0 aromatic heterocycles. The lowest BCUT2D eigenvalue weighted by atomic mass is 10.1. The maximum atomic E-state index is 2.56. The lowest BCUT2D eigenvalue weighted by Crippen LogP contribution is -2.40. The van der Waals surface area contributed by atoms with Crippen LogP contribution in [0.4, 0.5) is 0 Å². The molecule has 1 atom stereocenters. The maximum absolute atomic E-state index is 2.56. The molecule has 0 spiro atoms. The third kappa shape index (κ3) is 4.05. The van der Waals surface area contributed by atoms with Crippen LogP contribution in [0.1, 0.15) is 13.8 Å². The van der Waals surface area contributed by atoms with E-state index in [-0.39, 0.29) is 7.92 Å². The Kier molecular flexibility index (Phi) is 5.68. The Labute approximate surface area is 147 Å². The molecule has 0 N–H and O–H groups in total. The third-order valence-electron chi connectivity index (χ3n) is 4.76. The van der Waals surface area contributed by atoms with Gasteiger partial charge in [0.05, 0.1) is 7.05 Å². The van der Waals surface area contributed by atoms with Gasteiger partial charge in [-0.1, -0.05) is 74.5 Å². The molecule has 3 rings (SSSR count). The van der Waals surface area contributed by atoms with Gasteiger partial charge in [0.2, 0.25) is 6.34 Å². The standard InChI is InChI=1S/C21H28N2P/c1-18(2)21(23-15-14-22(3)17-23)16-24(19-10-6-4-7-11-19)20-12-8-5-9-13-20/h4-13,17-18,21H,14-16H2,1-3H3/q+1/t21-/m1/s1. The molecule has 3 heteroatoms. The smallest absolute Gasteiger partial charge is 0.234 e. The van der Waals surface area contributed by atoms with Gasteiger partial charge in [-0.2, -0.15) is 0 Å². The highest BCUT2D eigenvalue weighted by atomic mass is 31.1. The number of nitrogens with zero attached hydrogens (tertiary/aromatic N) is 2. The molecule has 0 radical (unpaired) electrons. The van der Waals surface area contributed by atoms with Crippen LogP contribution in [-0.2, 0) is 0 Å². The van der Waals surface area contributed by atoms with Crippen molar-refractivity contribution >= 4 is 24.9 Å². The lowest BCUT2D eigenvalue weighted by molar-refractivity contribution is -0.482. The van der Waals surface area contributed by atoms with E-state index >= 15 is 0 Å². The molecule has 0 saturated carbocycles. The van der Waals surface area contributed by atoms with Crippen LogP contribution in [0, 0.1) is 5.92 Å². The van der Waals surface area contributed by atoms with Crippen LogP contribution < -0.4 is 10.6 Å². The molecule has 24 heavy (non-hydrogen) atoms. The van der Waals surface area contributed by atoms with E-state index in [0.717, 1.165) is 13.1 Å². The number of hydrogen-bond acceptors (Lipinski definition) is 1. The van der Waals surface area contributed by atoms with Crippen LogP contribution in [0.2, 0.25) is 0 Å². The molecule has 2 aromatic carbocycles. The first-order chi connectivity index (χ1) is 11.6. The summed E-state index contributed by atoms with van der Waals surface area (Å²) in [4.78, 5) is 2.56. The zero-order valence-corrected chi connectivity index (χ0v) is 15.9. The van der Waals surface area contributed by atoms with Crippen molar-refractivity contribution in [1.29, 1.82) is 0 Å². The molecule has 2 nitrogen and oxygen atoms in total. The summed E-state index contributed by atoms with van der Waals surface area (Å²) in [7, 11) is 1.84. The summed E-state index contributed by atoms with van der Waals surface area (Å²) in [6, 6.07) is 22.7. The molecule has 0 saturated heterocycles. The first kappa shape index (κ1) is 17.2. The summed E-state index contributed by atoms with van der Waals surface area (Å²) < 4.78 is 2.31. The number of rotatable bonds is 6. The molecule has 2 aromatic rings. The van der Waals surface area contributed by atoms with E-state index in [1.807, 2.05) is 0 Å². The average Bonchev–Trinajstić information content (AvgIpc) is 3.03. The summed E-state index contributed by atoms with van der Waals surface area (Å²) in [5.41, 5.74) is 0. The molecular weight excluding hydrogens is 311 g/mol. The first-order valence-corrected chi connectivity index (χ1v) is 10.4. The van der Waals surface area contributed by atoms with Gasteiger partial charge in [-0.05, 0) is 24.4 Å². The van der Waals surface area contributed by atoms with Crippen molar-refractivity contribution in [1.82, 2.24) is 4.90 Å². The number of likely N-dealkylation sites (N-methyl/N-ethyl adjacent to an activating group) is 1. The third-order valence-corrected chi connectivity index (χ3v) is 7.34. The first-order valence-electron chi connectivity index (χ1n) is 8.84. The lowest BCUT2D eigenvalue weighted by Gasteiger charge is -2.29. The fourth-order valence-corrected chi connectivity index (χ4v) is 6.14. The van der Waals surface area contributed by atoms with Crippen molar-refractivity contribution in [3.63, 3.8) is 0 Å². The van der Waals surface area contributed by atoms with Crippen molar-refractivity contribution in [3.05, 3.63) is 60.7 Å². The molecule has 1 aliphatic rings. The van der Waals surface area contributed by atoms with E-state index in [1.54, 1.807) is 0 Å². The molecule has 1 heterocycles. The van der Waals surface area contributed by atoms with Crippen LogP contribution in [0.25, 0.3) is 0 Å². The van der Waals surface area contributed by atoms with Gasteiger partial charge >= 0.3 is 0 Å². The molecule has 0 bridgehead atoms. The highest BCUT2D eigenvalue weighted by Crippen LogP contribution is 2.36. The quantitative estimate of drug-likeness (QED) is 0.579. The summed E-state index contributed by atoms with van der Waals surface area (Å²) in [6.07, 6.45) is 3.53. The van der Waals surface area contributed by atoms with Crippen molar-refractivity contribution in [2.75, 3.05) is 26.3 Å². The summed E-state index contributed by atoms with van der Waals surface area (Å²) >= 11 is 0. The van der Waals surface area contributed by atoms with Gasteiger partial charge in [0, 0.05) is 6.16 Å². The van der Waals surface area contributed by atoms with Crippen LogP contribution in [-0.4, -0.2) is 48.2 Å². The van der Waals surface area contributed by atoms with Crippen LogP contribution in [0.15, 0.2) is 60.7 Å².